The lowest BCUT2D eigenvalue weighted by molar-refractivity contribution is -0.277. The van der Waals surface area contributed by atoms with Crippen LogP contribution in [0.3, 0.4) is 0 Å². The van der Waals surface area contributed by atoms with Crippen LogP contribution >= 0.6 is 23.2 Å². The summed E-state index contributed by atoms with van der Waals surface area (Å²) in [6.45, 7) is 7.13. The molecule has 0 spiro atoms. The monoisotopic (exact) mass is 1390 g/mol. The molecule has 0 radical (unpaired) electrons. The van der Waals surface area contributed by atoms with E-state index < -0.39 is 230 Å². The van der Waals surface area contributed by atoms with Crippen LogP contribution in [0.2, 0.25) is 10.0 Å². The molecule has 5 aromatic rings. The minimum absolute atomic E-state index is 0.0811. The number of carboxylic acid groups (broad SMARTS) is 1. The lowest BCUT2D eigenvalue weighted by Gasteiger charge is -2.39. The quantitative estimate of drug-likeness (QED) is 0.0882. The lowest BCUT2D eigenvalue weighted by atomic mass is 9.89. The third-order valence-corrected chi connectivity index (χ3v) is 16.3. The van der Waals surface area contributed by atoms with Gasteiger partial charge >= 0.3 is 12.1 Å². The maximum absolute atomic E-state index is 15.9. The second-order valence-corrected chi connectivity index (χ2v) is 25.4. The summed E-state index contributed by atoms with van der Waals surface area (Å²) >= 11 is 13.9. The molecule has 11 rings (SSSR count). The summed E-state index contributed by atoms with van der Waals surface area (Å²) < 4.78 is 30.2. The van der Waals surface area contributed by atoms with Crippen LogP contribution in [0.4, 0.5) is 4.79 Å². The third-order valence-electron chi connectivity index (χ3n) is 15.7. The number of aliphatic hydroxyl groups excluding tert-OH is 6. The Bertz CT molecular complexity index is 3960. The van der Waals surface area contributed by atoms with Gasteiger partial charge in [-0.3, -0.25) is 33.6 Å². The Hall–Kier alpha value is -9.77. The van der Waals surface area contributed by atoms with Gasteiger partial charge in [0.2, 0.25) is 53.4 Å². The number of carbonyl (C=O) groups excluding carboxylic acids is 8. The molecular formula is C63H68Cl2N8O24. The first-order valence-electron chi connectivity index (χ1n) is 29.8. The third kappa shape index (κ3) is 15.9. The largest absolute Gasteiger partial charge is 0.508 e. The molecular weight excluding hydrogens is 1320 g/mol. The summed E-state index contributed by atoms with van der Waals surface area (Å²) in [4.78, 5) is 130. The van der Waals surface area contributed by atoms with Gasteiger partial charge in [0.25, 0.3) is 0 Å². The molecule has 5 aromatic carbocycles. The number of phenolic OH excluding ortho intramolecular Hbond substituents is 3. The fraction of sp³-hybridized carbons (Fsp3) is 0.381. The average molecular weight is 1390 g/mol. The number of carboxylic acids is 1. The first-order chi connectivity index (χ1) is 45.6. The van der Waals surface area contributed by atoms with E-state index >= 15 is 14.4 Å². The molecule has 6 aliphatic rings. The van der Waals surface area contributed by atoms with Crippen molar-refractivity contribution in [3.8, 4) is 57.1 Å². The number of amides is 8. The molecule has 8 amide bonds. The van der Waals surface area contributed by atoms with Gasteiger partial charge in [-0.25, -0.2) is 9.59 Å². The van der Waals surface area contributed by atoms with Crippen LogP contribution in [0.5, 0.6) is 46.0 Å². The minimum atomic E-state index is -2.36. The van der Waals surface area contributed by atoms with Gasteiger partial charge in [0.05, 0.1) is 23.1 Å². The maximum atomic E-state index is 15.9. The van der Waals surface area contributed by atoms with E-state index in [1.807, 2.05) is 0 Å². The number of nitrogens with two attached hydrogens (primary N) is 1. The Labute approximate surface area is 559 Å². The van der Waals surface area contributed by atoms with Gasteiger partial charge < -0.3 is 118 Å². The number of hydrogen-bond donors (Lipinski definition) is 18. The highest BCUT2D eigenvalue weighted by molar-refractivity contribution is 6.32. The zero-order valence-corrected chi connectivity index (χ0v) is 53.3. The standard InChI is InChI=1S/C63H68Cl2N8O24/c1-22(2)12-32(68-62(92)97-63(3,4)5)54(84)72-46-48(79)24-7-10-36(30(64)14-24)93-38-16-26-17-39(53(38)96-61-52(83)51(82)50(81)40(21-74)95-61)94-37-11-8-25(15-31(37)65)49(80)47-59(89)71-45(60(90)91)29-18-27(75)19-35(77)42(29)28-13-23(6-9-34(28)76)43(56(86)73-47)70-57(87)44(26)69-55(85)33(20-41(66)78)67-58(46)88/h6-11,13-19,22,32-33,40,43-52,61,74-77,79-83H,12,20-21H2,1-5H3,(H2,66,78)(H,67,88)(H,68,92)(H,69,85)(H,70,87)(H,71,89)(H,72,84)(H,73,86)(H,90,91)/t32-,33+,40?,43-,44-,45+,46-,47?,48-,49-,50?,51?,52?,61?/m1/s1. The lowest BCUT2D eigenvalue weighted by Crippen LogP contribution is -2.60. The van der Waals surface area contributed by atoms with E-state index in [2.05, 4.69) is 37.2 Å². The van der Waals surface area contributed by atoms with Crippen LogP contribution in [0.15, 0.2) is 78.9 Å². The normalized spacial score (nSPS) is 25.4. The number of aliphatic hydroxyl groups is 6. The number of rotatable bonds is 11. The second kappa shape index (κ2) is 28.9. The van der Waals surface area contributed by atoms with Crippen LogP contribution in [0, 0.1) is 5.92 Å². The van der Waals surface area contributed by atoms with Crippen molar-refractivity contribution in [2.45, 2.75) is 138 Å². The number of fused-ring (bicyclic) bond motifs is 15. The predicted molar refractivity (Wildman–Crippen MR) is 333 cm³/mol. The van der Waals surface area contributed by atoms with Crippen LogP contribution in [-0.4, -0.2) is 172 Å². The highest BCUT2D eigenvalue weighted by Gasteiger charge is 2.47. The Morgan fingerprint density at radius 2 is 1.25 bits per heavy atom. The molecule has 1 saturated heterocycles. The molecule has 11 bridgehead atoms. The number of halogens is 2. The molecule has 32 nitrogen and oxygen atoms in total. The van der Waals surface area contributed by atoms with E-state index in [4.69, 9.17) is 52.6 Å². The minimum Gasteiger partial charge on any atom is -0.508 e. The smallest absolute Gasteiger partial charge is 0.408 e. The fourth-order valence-electron chi connectivity index (χ4n) is 11.1. The SMILES string of the molecule is CC(C)C[C@@H](NC(=O)OC(C)(C)C)C(=O)N[C@H]1C(=O)N[C@@H](CC(N)=O)C(=O)N[C@H]2C(=O)N[C@H]3C(=O)NC(C(=O)N[C@H](C(=O)O)c4cc(O)cc(O)c4-c4cc3ccc4O)[C@H](O)c3ccc(c(Cl)c3)Oc3cc2cc(c3OC2OC(CO)C(O)C(O)C2O)Oc2ccc(cc2Cl)[C@H]1O. The molecule has 0 aliphatic carbocycles. The van der Waals surface area contributed by atoms with Crippen molar-refractivity contribution in [3.63, 3.8) is 0 Å². The van der Waals surface area contributed by atoms with E-state index in [9.17, 15) is 79.8 Å². The van der Waals surface area contributed by atoms with Gasteiger partial charge in [-0.1, -0.05) is 55.2 Å². The molecule has 34 heteroatoms. The highest BCUT2D eigenvalue weighted by Crippen LogP contribution is 2.49. The summed E-state index contributed by atoms with van der Waals surface area (Å²) in [5.41, 5.74) is 1.66. The number of aromatic hydroxyl groups is 3. The van der Waals surface area contributed by atoms with E-state index in [0.29, 0.717) is 0 Å². The molecule has 14 atom stereocenters. The van der Waals surface area contributed by atoms with Gasteiger partial charge in [-0.05, 0) is 110 Å². The number of alkyl carbamates (subject to hydrolysis) is 1. The van der Waals surface area contributed by atoms with Crippen molar-refractivity contribution < 1.29 is 118 Å². The fourth-order valence-corrected chi connectivity index (χ4v) is 11.5. The summed E-state index contributed by atoms with van der Waals surface area (Å²) in [5.74, 6) is -16.9. The van der Waals surface area contributed by atoms with Gasteiger partial charge in [-0.2, -0.15) is 0 Å². The molecule has 0 aromatic heterocycles. The topological polar surface area (TPSA) is 512 Å². The molecule has 19 N–H and O–H groups in total. The number of ether oxygens (including phenoxy) is 5. The van der Waals surface area contributed by atoms with Crippen molar-refractivity contribution in [2.24, 2.45) is 11.7 Å². The summed E-state index contributed by atoms with van der Waals surface area (Å²) in [6, 6.07) is -1.83. The Kier molecular flexibility index (Phi) is 21.3. The molecule has 6 unspecified atom stereocenters. The summed E-state index contributed by atoms with van der Waals surface area (Å²) in [6.07, 6.45) is -16.6. The van der Waals surface area contributed by atoms with Crippen molar-refractivity contribution >= 4 is 76.6 Å². The van der Waals surface area contributed by atoms with Crippen molar-refractivity contribution in [2.75, 3.05) is 6.61 Å². The zero-order valence-electron chi connectivity index (χ0n) is 51.8. The number of nitrogens with one attached hydrogen (secondary N) is 7. The number of primary amides is 1. The Morgan fingerprint density at radius 3 is 1.82 bits per heavy atom. The van der Waals surface area contributed by atoms with Crippen LogP contribution in [0.25, 0.3) is 11.1 Å². The van der Waals surface area contributed by atoms with Crippen LogP contribution in [-0.2, 0) is 47.8 Å². The molecule has 6 heterocycles. The van der Waals surface area contributed by atoms with E-state index in [1.54, 1.807) is 34.6 Å². The average Bonchev–Trinajstić information content (AvgIpc) is 0.771. The van der Waals surface area contributed by atoms with Gasteiger partial charge in [0.15, 0.2) is 17.5 Å². The number of hydrogen-bond acceptors (Lipinski definition) is 23. The van der Waals surface area contributed by atoms with Crippen molar-refractivity contribution in [1.29, 1.82) is 0 Å². The van der Waals surface area contributed by atoms with Crippen LogP contribution in [0.1, 0.15) is 106 Å². The summed E-state index contributed by atoms with van der Waals surface area (Å²) in [7, 11) is 0. The Morgan fingerprint density at radius 1 is 0.660 bits per heavy atom. The predicted octanol–water partition coefficient (Wildman–Crippen LogP) is 1.17. The van der Waals surface area contributed by atoms with Gasteiger partial charge in [0, 0.05) is 22.8 Å². The van der Waals surface area contributed by atoms with Crippen molar-refractivity contribution in [3.05, 3.63) is 117 Å². The molecule has 0 saturated carbocycles. The highest BCUT2D eigenvalue weighted by atomic mass is 35.5. The Balaban J connectivity index is 1.30. The number of benzene rings is 5. The number of carbonyl (C=O) groups is 9. The maximum Gasteiger partial charge on any atom is 0.408 e. The van der Waals surface area contributed by atoms with E-state index in [-0.39, 0.29) is 34.8 Å². The molecule has 97 heavy (non-hydrogen) atoms. The number of aliphatic carboxylic acids is 1. The second-order valence-electron chi connectivity index (χ2n) is 24.5. The van der Waals surface area contributed by atoms with Crippen molar-refractivity contribution in [1.82, 2.24) is 37.2 Å². The van der Waals surface area contributed by atoms with E-state index in [1.165, 1.54) is 0 Å². The van der Waals surface area contributed by atoms with Crippen LogP contribution < -0.4 is 57.2 Å². The first kappa shape index (κ1) is 71.5. The van der Waals surface area contributed by atoms with E-state index in [0.717, 1.165) is 78.9 Å². The van der Waals surface area contributed by atoms with Gasteiger partial charge in [0.1, 0.15) is 107 Å². The zero-order chi connectivity index (χ0) is 71.0. The molecule has 1 fully saturated rings. The molecule has 6 aliphatic heterocycles. The number of phenols is 3. The first-order valence-corrected chi connectivity index (χ1v) is 30.5. The molecule has 518 valence electrons. The summed E-state index contributed by atoms with van der Waals surface area (Å²) in [5, 5.41) is 128. The van der Waals surface area contributed by atoms with Gasteiger partial charge in [-0.15, -0.1) is 0 Å².